The lowest BCUT2D eigenvalue weighted by atomic mass is 10.3. The van der Waals surface area contributed by atoms with Crippen molar-refractivity contribution in [1.82, 2.24) is 0 Å². The van der Waals surface area contributed by atoms with E-state index in [1.807, 2.05) is 0 Å². The Kier molecular flexibility index (Phi) is 4.63. The molecule has 0 spiro atoms. The van der Waals surface area contributed by atoms with E-state index in [4.69, 9.17) is 17.3 Å². The molecule has 0 aliphatic rings. The van der Waals surface area contributed by atoms with Crippen LogP contribution in [0.4, 0.5) is 5.69 Å². The number of nitrogens with two attached hydrogens (primary N) is 1. The molecule has 1 rings (SSSR count). The highest BCUT2D eigenvalue weighted by molar-refractivity contribution is 7.92. The molecule has 0 bridgehead atoms. The summed E-state index contributed by atoms with van der Waals surface area (Å²) in [5, 5.41) is 0.0503. The number of rotatable bonds is 5. The van der Waals surface area contributed by atoms with Crippen molar-refractivity contribution in [3.05, 3.63) is 23.2 Å². The number of halogens is 1. The second-order valence-electron chi connectivity index (χ2n) is 3.96. The minimum atomic E-state index is -3.67. The molecule has 0 fully saturated rings. The van der Waals surface area contributed by atoms with E-state index in [-0.39, 0.29) is 33.5 Å². The highest BCUT2D eigenvalue weighted by atomic mass is 35.5. The van der Waals surface area contributed by atoms with E-state index in [2.05, 4.69) is 0 Å². The van der Waals surface area contributed by atoms with Gasteiger partial charge in [0.05, 0.1) is 22.2 Å². The minimum absolute atomic E-state index is 0.0197. The van der Waals surface area contributed by atoms with Crippen molar-refractivity contribution < 1.29 is 16.8 Å². The van der Waals surface area contributed by atoms with Gasteiger partial charge in [-0.15, -0.1) is 0 Å². The SMILES string of the molecule is CS(=O)(=O)CCCS(=O)(=O)c1c(N)cccc1Cl. The van der Waals surface area contributed by atoms with E-state index in [0.29, 0.717) is 0 Å². The molecule has 102 valence electrons. The summed E-state index contributed by atoms with van der Waals surface area (Å²) >= 11 is 5.81. The molecule has 5 nitrogen and oxygen atoms in total. The molecule has 0 heterocycles. The van der Waals surface area contributed by atoms with Crippen LogP contribution < -0.4 is 5.73 Å². The van der Waals surface area contributed by atoms with Crippen molar-refractivity contribution >= 4 is 37.0 Å². The zero-order valence-corrected chi connectivity index (χ0v) is 12.1. The predicted molar refractivity (Wildman–Crippen MR) is 72.2 cm³/mol. The van der Waals surface area contributed by atoms with Crippen molar-refractivity contribution in [3.63, 3.8) is 0 Å². The van der Waals surface area contributed by atoms with Crippen molar-refractivity contribution in [3.8, 4) is 0 Å². The number of sulfone groups is 2. The Bertz CT molecular complexity index is 618. The maximum Gasteiger partial charge on any atom is 0.181 e. The highest BCUT2D eigenvalue weighted by Gasteiger charge is 2.21. The lowest BCUT2D eigenvalue weighted by molar-refractivity contribution is 0.592. The monoisotopic (exact) mass is 311 g/mol. The maximum absolute atomic E-state index is 12.0. The van der Waals surface area contributed by atoms with Crippen LogP contribution >= 0.6 is 11.6 Å². The molecule has 0 aliphatic carbocycles. The zero-order chi connectivity index (χ0) is 14.0. The molecule has 0 aromatic heterocycles. The summed E-state index contributed by atoms with van der Waals surface area (Å²) in [7, 11) is -6.84. The third-order valence-corrected chi connectivity index (χ3v) is 5.60. The number of hydrogen-bond acceptors (Lipinski definition) is 5. The van der Waals surface area contributed by atoms with Crippen LogP contribution in [0.25, 0.3) is 0 Å². The quantitative estimate of drug-likeness (QED) is 0.823. The average molecular weight is 312 g/mol. The summed E-state index contributed by atoms with van der Waals surface area (Å²) in [6, 6.07) is 4.42. The molecule has 1 aromatic rings. The Morgan fingerprint density at radius 2 is 1.78 bits per heavy atom. The first kappa shape index (κ1) is 15.3. The van der Waals surface area contributed by atoms with E-state index < -0.39 is 19.7 Å². The van der Waals surface area contributed by atoms with Gasteiger partial charge in [0, 0.05) is 6.26 Å². The van der Waals surface area contributed by atoms with Gasteiger partial charge >= 0.3 is 0 Å². The van der Waals surface area contributed by atoms with Crippen molar-refractivity contribution in [2.24, 2.45) is 0 Å². The van der Waals surface area contributed by atoms with Crippen molar-refractivity contribution in [2.75, 3.05) is 23.5 Å². The summed E-state index contributed by atoms with van der Waals surface area (Å²) in [6.07, 6.45) is 1.08. The van der Waals surface area contributed by atoms with Gasteiger partial charge in [0.2, 0.25) is 0 Å². The lowest BCUT2D eigenvalue weighted by Gasteiger charge is -2.08. The normalized spacial score (nSPS) is 12.6. The molecule has 0 amide bonds. The van der Waals surface area contributed by atoms with E-state index in [1.54, 1.807) is 6.07 Å². The van der Waals surface area contributed by atoms with Crippen molar-refractivity contribution in [1.29, 1.82) is 0 Å². The predicted octanol–water partition coefficient (Wildman–Crippen LogP) is 1.13. The van der Waals surface area contributed by atoms with Crippen LogP contribution in [-0.4, -0.2) is 34.6 Å². The molecule has 0 saturated carbocycles. The summed E-state index contributed by atoms with van der Waals surface area (Å²) in [4.78, 5) is -0.125. The Morgan fingerprint density at radius 3 is 2.28 bits per heavy atom. The van der Waals surface area contributed by atoms with E-state index in [1.165, 1.54) is 12.1 Å². The topological polar surface area (TPSA) is 94.3 Å². The van der Waals surface area contributed by atoms with Gasteiger partial charge < -0.3 is 5.73 Å². The third kappa shape index (κ3) is 4.15. The molecule has 0 aliphatic heterocycles. The number of benzene rings is 1. The fraction of sp³-hybridized carbons (Fsp3) is 0.400. The number of hydrogen-bond donors (Lipinski definition) is 1. The van der Waals surface area contributed by atoms with Crippen LogP contribution in [0.3, 0.4) is 0 Å². The van der Waals surface area contributed by atoms with Gasteiger partial charge in [-0.1, -0.05) is 17.7 Å². The molecule has 2 N–H and O–H groups in total. The first-order valence-electron chi connectivity index (χ1n) is 5.08. The molecular formula is C10H14ClNO4S2. The molecule has 0 atom stereocenters. The molecule has 1 aromatic carbocycles. The van der Waals surface area contributed by atoms with Gasteiger partial charge in [-0.05, 0) is 18.6 Å². The molecule has 0 saturated heterocycles. The van der Waals surface area contributed by atoms with Crippen LogP contribution in [0.2, 0.25) is 5.02 Å². The Morgan fingerprint density at radius 1 is 1.17 bits per heavy atom. The lowest BCUT2D eigenvalue weighted by Crippen LogP contribution is -2.14. The van der Waals surface area contributed by atoms with Gasteiger partial charge in [0.15, 0.2) is 9.84 Å². The molecule has 18 heavy (non-hydrogen) atoms. The van der Waals surface area contributed by atoms with Crippen LogP contribution in [0.15, 0.2) is 23.1 Å². The maximum atomic E-state index is 12.0. The highest BCUT2D eigenvalue weighted by Crippen LogP contribution is 2.28. The van der Waals surface area contributed by atoms with Gasteiger partial charge in [0.1, 0.15) is 14.7 Å². The molecule has 0 radical (unpaired) electrons. The first-order valence-corrected chi connectivity index (χ1v) is 9.17. The second-order valence-corrected chi connectivity index (χ2v) is 8.67. The zero-order valence-electron chi connectivity index (χ0n) is 9.76. The largest absolute Gasteiger partial charge is 0.398 e. The van der Waals surface area contributed by atoms with Crippen molar-refractivity contribution in [2.45, 2.75) is 11.3 Å². The van der Waals surface area contributed by atoms with Crippen LogP contribution in [-0.2, 0) is 19.7 Å². The molecule has 8 heteroatoms. The van der Waals surface area contributed by atoms with E-state index in [0.717, 1.165) is 6.26 Å². The molecular weight excluding hydrogens is 298 g/mol. The van der Waals surface area contributed by atoms with Gasteiger partial charge in [-0.25, -0.2) is 16.8 Å². The summed E-state index contributed by atoms with van der Waals surface area (Å²) < 4.78 is 45.9. The Balaban J connectivity index is 2.94. The number of anilines is 1. The minimum Gasteiger partial charge on any atom is -0.398 e. The average Bonchev–Trinajstić information content (AvgIpc) is 2.13. The smallest absolute Gasteiger partial charge is 0.181 e. The van der Waals surface area contributed by atoms with E-state index >= 15 is 0 Å². The van der Waals surface area contributed by atoms with Crippen LogP contribution in [0.5, 0.6) is 0 Å². The Labute approximate surface area is 112 Å². The second kappa shape index (κ2) is 5.46. The summed E-state index contributed by atoms with van der Waals surface area (Å²) in [5.74, 6) is -0.482. The summed E-state index contributed by atoms with van der Waals surface area (Å²) in [6.45, 7) is 0. The standard InChI is InChI=1S/C10H14ClNO4S2/c1-17(13,14)6-3-7-18(15,16)10-8(11)4-2-5-9(10)12/h2,4-5H,3,6-7,12H2,1H3. The first-order chi connectivity index (χ1) is 8.13. The van der Waals surface area contributed by atoms with Gasteiger partial charge in [-0.2, -0.15) is 0 Å². The fourth-order valence-electron chi connectivity index (χ4n) is 1.47. The third-order valence-electron chi connectivity index (χ3n) is 2.24. The molecule has 0 unspecified atom stereocenters. The Hall–Kier alpha value is -0.790. The van der Waals surface area contributed by atoms with E-state index in [9.17, 15) is 16.8 Å². The fourth-order valence-corrected chi connectivity index (χ4v) is 4.37. The van der Waals surface area contributed by atoms with Crippen LogP contribution in [0.1, 0.15) is 6.42 Å². The van der Waals surface area contributed by atoms with Gasteiger partial charge in [0.25, 0.3) is 0 Å². The summed E-state index contributed by atoms with van der Waals surface area (Å²) in [5.41, 5.74) is 5.65. The van der Waals surface area contributed by atoms with Gasteiger partial charge in [-0.3, -0.25) is 0 Å². The number of nitrogen functional groups attached to an aromatic ring is 1. The van der Waals surface area contributed by atoms with Crippen LogP contribution in [0, 0.1) is 0 Å².